The summed E-state index contributed by atoms with van der Waals surface area (Å²) in [6.07, 6.45) is -3.16. The molecule has 0 spiro atoms. The average Bonchev–Trinajstić information content (AvgIpc) is 3.40. The molecule has 10 nitrogen and oxygen atoms in total. The zero-order valence-electron chi connectivity index (χ0n) is 20.9. The predicted molar refractivity (Wildman–Crippen MR) is 131 cm³/mol. The number of aryl methyl sites for hydroxylation is 1. The van der Waals surface area contributed by atoms with E-state index in [1.807, 2.05) is 13.8 Å². The topological polar surface area (TPSA) is 159 Å². The Morgan fingerprint density at radius 1 is 1.25 bits per heavy atom. The number of methoxy groups -OCH3 is 1. The molecular weight excluding hydrogens is 470 g/mol. The zero-order valence-corrected chi connectivity index (χ0v) is 20.9. The molecule has 2 aliphatic rings. The summed E-state index contributed by atoms with van der Waals surface area (Å²) in [6, 6.07) is 3.03. The van der Waals surface area contributed by atoms with Gasteiger partial charge in [-0.15, -0.1) is 6.58 Å². The number of amides is 1. The van der Waals surface area contributed by atoms with Gasteiger partial charge in [0.15, 0.2) is 11.4 Å². The first-order valence-corrected chi connectivity index (χ1v) is 11.7. The van der Waals surface area contributed by atoms with Crippen molar-refractivity contribution < 1.29 is 39.1 Å². The van der Waals surface area contributed by atoms with E-state index in [0.717, 1.165) is 0 Å². The predicted octanol–water partition coefficient (Wildman–Crippen LogP) is 1.76. The summed E-state index contributed by atoms with van der Waals surface area (Å²) < 4.78 is 16.8. The molecule has 4 rings (SSSR count). The highest BCUT2D eigenvalue weighted by molar-refractivity contribution is 6.00. The van der Waals surface area contributed by atoms with Gasteiger partial charge in [-0.3, -0.25) is 4.79 Å². The first-order chi connectivity index (χ1) is 16.8. The summed E-state index contributed by atoms with van der Waals surface area (Å²) in [5.74, 6) is -1.29. The molecule has 2 aromatic rings. The van der Waals surface area contributed by atoms with E-state index in [-0.39, 0.29) is 33.9 Å². The Morgan fingerprint density at radius 2 is 1.92 bits per heavy atom. The summed E-state index contributed by atoms with van der Waals surface area (Å²) in [7, 11) is 1.34. The standard InChI is InChI=1S/C26H33NO9/c1-7-14-15(25(14,3)4)23(32)27-16-17(29)13-9-8-12(11(2)20(13)35-24(16)33)21-18(30)19(31)22(34-6)26(5,10-28)36-21/h7-9,14-15,18-19,21-22,28-31H,1,10H2,2-6H3,(H,27,32)/t14?,15?,18-,19-,21+,22-,26-/m1/s1. The SMILES string of the molecule is C=CC1C(C(=O)Nc2c(O)c3ccc([C@@H]4O[C@](C)(CO)[C@H](OC)[C@H](O)[C@H]4O)c(C)c3oc2=O)C1(C)C. The number of benzene rings is 1. The molecule has 2 fully saturated rings. The third-order valence-electron chi connectivity index (χ3n) is 7.88. The van der Waals surface area contributed by atoms with Crippen LogP contribution in [-0.4, -0.2) is 64.0 Å². The van der Waals surface area contributed by atoms with Crippen molar-refractivity contribution in [3.05, 3.63) is 46.3 Å². The fraction of sp³-hybridized carbons (Fsp3) is 0.538. The summed E-state index contributed by atoms with van der Waals surface area (Å²) in [5, 5.41) is 44.9. The number of nitrogens with one attached hydrogen (secondary N) is 1. The highest BCUT2D eigenvalue weighted by atomic mass is 16.6. The van der Waals surface area contributed by atoms with Crippen molar-refractivity contribution >= 4 is 22.6 Å². The molecule has 1 aliphatic heterocycles. The smallest absolute Gasteiger partial charge is 0.364 e. The molecule has 196 valence electrons. The van der Waals surface area contributed by atoms with E-state index < -0.39 is 53.9 Å². The molecule has 1 saturated heterocycles. The van der Waals surface area contributed by atoms with Gasteiger partial charge in [-0.25, -0.2) is 4.79 Å². The molecule has 36 heavy (non-hydrogen) atoms. The number of fused-ring (bicyclic) bond motifs is 1. The molecule has 0 radical (unpaired) electrons. The second kappa shape index (κ2) is 8.97. The fourth-order valence-electron chi connectivity index (χ4n) is 5.55. The van der Waals surface area contributed by atoms with E-state index in [4.69, 9.17) is 13.9 Å². The lowest BCUT2D eigenvalue weighted by atomic mass is 9.83. The first-order valence-electron chi connectivity index (χ1n) is 11.7. The lowest BCUT2D eigenvalue weighted by molar-refractivity contribution is -0.279. The summed E-state index contributed by atoms with van der Waals surface area (Å²) in [4.78, 5) is 25.6. The van der Waals surface area contributed by atoms with Crippen molar-refractivity contribution in [1.82, 2.24) is 0 Å². The summed E-state index contributed by atoms with van der Waals surface area (Å²) >= 11 is 0. The van der Waals surface area contributed by atoms with Gasteiger partial charge in [0.05, 0.1) is 17.9 Å². The van der Waals surface area contributed by atoms with Crippen LogP contribution in [0.3, 0.4) is 0 Å². The minimum absolute atomic E-state index is 0.0357. The van der Waals surface area contributed by atoms with Crippen LogP contribution >= 0.6 is 0 Å². The first kappa shape index (κ1) is 26.3. The monoisotopic (exact) mass is 503 g/mol. The average molecular weight is 504 g/mol. The maximum Gasteiger partial charge on any atom is 0.364 e. The minimum atomic E-state index is -1.41. The second-order valence-electron chi connectivity index (χ2n) is 10.5. The van der Waals surface area contributed by atoms with Crippen LogP contribution in [0.15, 0.2) is 34.0 Å². The third kappa shape index (κ3) is 3.84. The molecule has 2 unspecified atom stereocenters. The van der Waals surface area contributed by atoms with E-state index in [0.29, 0.717) is 11.1 Å². The van der Waals surface area contributed by atoms with Crippen LogP contribution in [0.5, 0.6) is 5.75 Å². The van der Waals surface area contributed by atoms with Crippen LogP contribution in [0.25, 0.3) is 11.0 Å². The lowest BCUT2D eigenvalue weighted by Crippen LogP contribution is -2.62. The molecule has 5 N–H and O–H groups in total. The van der Waals surface area contributed by atoms with E-state index in [9.17, 15) is 30.0 Å². The summed E-state index contributed by atoms with van der Waals surface area (Å²) in [6.45, 7) is 10.3. The molecule has 1 aliphatic carbocycles. The Hall–Kier alpha value is -2.76. The number of aliphatic hydroxyl groups excluding tert-OH is 3. The largest absolute Gasteiger partial charge is 0.505 e. The van der Waals surface area contributed by atoms with E-state index in [1.165, 1.54) is 13.2 Å². The van der Waals surface area contributed by atoms with Gasteiger partial charge in [-0.1, -0.05) is 26.0 Å². The maximum absolute atomic E-state index is 12.8. The van der Waals surface area contributed by atoms with Crippen LogP contribution in [-0.2, 0) is 14.3 Å². The number of carbonyl (C=O) groups is 1. The number of aromatic hydroxyl groups is 1. The number of aliphatic hydroxyl groups is 3. The Kier molecular flexibility index (Phi) is 6.55. The van der Waals surface area contributed by atoms with E-state index in [1.54, 1.807) is 26.0 Å². The molecule has 1 saturated carbocycles. The van der Waals surface area contributed by atoms with Crippen molar-refractivity contribution in [3.63, 3.8) is 0 Å². The number of hydrogen-bond donors (Lipinski definition) is 5. The van der Waals surface area contributed by atoms with Gasteiger partial charge in [0.25, 0.3) is 0 Å². The molecule has 10 heteroatoms. The fourth-order valence-corrected chi connectivity index (χ4v) is 5.55. The molecule has 1 aromatic heterocycles. The van der Waals surface area contributed by atoms with Crippen molar-refractivity contribution in [2.45, 2.75) is 57.7 Å². The number of rotatable bonds is 6. The molecule has 0 bridgehead atoms. The van der Waals surface area contributed by atoms with Gasteiger partial charge < -0.3 is 39.6 Å². The maximum atomic E-state index is 12.8. The van der Waals surface area contributed by atoms with Crippen molar-refractivity contribution in [2.24, 2.45) is 17.3 Å². The van der Waals surface area contributed by atoms with Crippen molar-refractivity contribution in [1.29, 1.82) is 0 Å². The van der Waals surface area contributed by atoms with E-state index >= 15 is 0 Å². The van der Waals surface area contributed by atoms with Crippen LogP contribution in [0, 0.1) is 24.2 Å². The molecule has 1 amide bonds. The van der Waals surface area contributed by atoms with Gasteiger partial charge in [-0.2, -0.15) is 0 Å². The normalized spacial score (nSPS) is 33.3. The minimum Gasteiger partial charge on any atom is -0.505 e. The molecule has 2 heterocycles. The van der Waals surface area contributed by atoms with Gasteiger partial charge in [0, 0.05) is 7.11 Å². The zero-order chi connectivity index (χ0) is 26.7. The van der Waals surface area contributed by atoms with E-state index in [2.05, 4.69) is 11.9 Å². The van der Waals surface area contributed by atoms with Crippen molar-refractivity contribution in [2.75, 3.05) is 19.0 Å². The number of anilines is 1. The Bertz CT molecular complexity index is 1270. The third-order valence-corrected chi connectivity index (χ3v) is 7.88. The Morgan fingerprint density at radius 3 is 2.47 bits per heavy atom. The number of hydrogen-bond acceptors (Lipinski definition) is 9. The highest BCUT2D eigenvalue weighted by Gasteiger charge is 2.60. The number of allylic oxidation sites excluding steroid dienone is 1. The quantitative estimate of drug-likeness (QED) is 0.292. The van der Waals surface area contributed by atoms with Crippen molar-refractivity contribution in [3.8, 4) is 5.75 Å². The van der Waals surface area contributed by atoms with Gasteiger partial charge in [0.1, 0.15) is 35.6 Å². The summed E-state index contributed by atoms with van der Waals surface area (Å²) in [5.41, 5.74) is -2.13. The van der Waals surface area contributed by atoms with Crippen LogP contribution in [0.4, 0.5) is 5.69 Å². The van der Waals surface area contributed by atoms with Gasteiger partial charge in [-0.05, 0) is 42.4 Å². The Balaban J connectivity index is 1.72. The Labute approximate surface area is 208 Å². The van der Waals surface area contributed by atoms with Crippen LogP contribution < -0.4 is 10.9 Å². The molecule has 1 aromatic carbocycles. The van der Waals surface area contributed by atoms with Gasteiger partial charge in [0.2, 0.25) is 5.91 Å². The molecular formula is C26H33NO9. The lowest BCUT2D eigenvalue weighted by Gasteiger charge is -2.48. The van der Waals surface area contributed by atoms with Crippen LogP contribution in [0.1, 0.15) is 38.0 Å². The number of ether oxygens (including phenoxy) is 2. The van der Waals surface area contributed by atoms with Gasteiger partial charge >= 0.3 is 5.63 Å². The number of carbonyl (C=O) groups excluding carboxylic acids is 1. The van der Waals surface area contributed by atoms with Crippen LogP contribution in [0.2, 0.25) is 0 Å². The highest BCUT2D eigenvalue weighted by Crippen LogP contribution is 2.59. The second-order valence-corrected chi connectivity index (χ2v) is 10.5. The molecule has 7 atom stereocenters.